The molecule has 0 spiro atoms. The summed E-state index contributed by atoms with van der Waals surface area (Å²) in [6.07, 6.45) is 0. The van der Waals surface area contributed by atoms with Gasteiger partial charge in [-0.1, -0.05) is 12.1 Å². The van der Waals surface area contributed by atoms with Crippen molar-refractivity contribution in [3.63, 3.8) is 0 Å². The predicted octanol–water partition coefficient (Wildman–Crippen LogP) is 2.61. The highest BCUT2D eigenvalue weighted by molar-refractivity contribution is 7.10. The number of benzene rings is 1. The quantitative estimate of drug-likeness (QED) is 0.857. The number of rotatable bonds is 5. The molecule has 0 saturated heterocycles. The van der Waals surface area contributed by atoms with Crippen LogP contribution in [0.3, 0.4) is 0 Å². The van der Waals surface area contributed by atoms with Gasteiger partial charge >= 0.3 is 0 Å². The molecule has 1 atom stereocenters. The molecular formula is C13H14O3S. The third-order valence-corrected chi connectivity index (χ3v) is 3.47. The van der Waals surface area contributed by atoms with Crippen LogP contribution in [0.2, 0.25) is 0 Å². The van der Waals surface area contributed by atoms with Gasteiger partial charge in [-0.2, -0.15) is 0 Å². The molecule has 1 aromatic heterocycles. The summed E-state index contributed by atoms with van der Waals surface area (Å²) in [5.74, 6) is 0.775. The average molecular weight is 250 g/mol. The maximum atomic E-state index is 9.31. The molecule has 0 bridgehead atoms. The highest BCUT2D eigenvalue weighted by Gasteiger charge is 2.12. The van der Waals surface area contributed by atoms with Crippen molar-refractivity contribution in [3.8, 4) is 11.5 Å². The fourth-order valence-electron chi connectivity index (χ4n) is 1.52. The van der Waals surface area contributed by atoms with E-state index in [9.17, 15) is 10.2 Å². The Balaban J connectivity index is 1.97. The molecule has 4 heteroatoms. The second kappa shape index (κ2) is 5.70. The Labute approximate surface area is 104 Å². The summed E-state index contributed by atoms with van der Waals surface area (Å²) in [6.45, 7) is 0.458. The predicted molar refractivity (Wildman–Crippen MR) is 67.7 cm³/mol. The molecule has 0 radical (unpaired) electrons. The summed E-state index contributed by atoms with van der Waals surface area (Å²) in [5, 5.41) is 20.6. The minimum atomic E-state index is -0.0163. The molecule has 0 saturated carbocycles. The van der Waals surface area contributed by atoms with Crippen LogP contribution in [-0.4, -0.2) is 23.4 Å². The molecule has 0 fully saturated rings. The number of hydrogen-bond acceptors (Lipinski definition) is 4. The lowest BCUT2D eigenvalue weighted by atomic mass is 10.1. The van der Waals surface area contributed by atoms with E-state index < -0.39 is 0 Å². The van der Waals surface area contributed by atoms with Gasteiger partial charge in [0.05, 0.1) is 19.1 Å². The largest absolute Gasteiger partial charge is 0.508 e. The van der Waals surface area contributed by atoms with Crippen LogP contribution in [0.15, 0.2) is 41.8 Å². The van der Waals surface area contributed by atoms with Gasteiger partial charge in [0.25, 0.3) is 0 Å². The van der Waals surface area contributed by atoms with Gasteiger partial charge in [-0.15, -0.1) is 11.3 Å². The topological polar surface area (TPSA) is 49.7 Å². The maximum absolute atomic E-state index is 9.31. The minimum Gasteiger partial charge on any atom is -0.508 e. The zero-order valence-corrected chi connectivity index (χ0v) is 10.1. The number of phenolic OH excluding ortho intramolecular Hbond substituents is 1. The zero-order valence-electron chi connectivity index (χ0n) is 9.24. The van der Waals surface area contributed by atoms with Crippen molar-refractivity contribution in [2.24, 2.45) is 0 Å². The van der Waals surface area contributed by atoms with E-state index in [0.717, 1.165) is 4.88 Å². The Morgan fingerprint density at radius 1 is 1.24 bits per heavy atom. The van der Waals surface area contributed by atoms with E-state index in [1.807, 2.05) is 17.5 Å². The first kappa shape index (κ1) is 12.0. The van der Waals surface area contributed by atoms with Gasteiger partial charge in [0.2, 0.25) is 0 Å². The van der Waals surface area contributed by atoms with E-state index >= 15 is 0 Å². The fraction of sp³-hybridized carbons (Fsp3) is 0.231. The maximum Gasteiger partial charge on any atom is 0.123 e. The van der Waals surface area contributed by atoms with Gasteiger partial charge in [0, 0.05) is 10.9 Å². The van der Waals surface area contributed by atoms with Gasteiger partial charge in [0.15, 0.2) is 0 Å². The summed E-state index contributed by atoms with van der Waals surface area (Å²) in [4.78, 5) is 1.10. The number of hydrogen-bond donors (Lipinski definition) is 2. The fourth-order valence-corrected chi connectivity index (χ4v) is 2.32. The van der Waals surface area contributed by atoms with Crippen LogP contribution in [0.4, 0.5) is 0 Å². The zero-order chi connectivity index (χ0) is 12.1. The van der Waals surface area contributed by atoms with Crippen molar-refractivity contribution in [2.75, 3.05) is 13.2 Å². The second-order valence-electron chi connectivity index (χ2n) is 3.70. The summed E-state index contributed by atoms with van der Waals surface area (Å²) in [5.41, 5.74) is 0. The molecule has 2 aromatic rings. The number of thiophene rings is 1. The summed E-state index contributed by atoms with van der Waals surface area (Å²) in [7, 11) is 0. The summed E-state index contributed by atoms with van der Waals surface area (Å²) >= 11 is 1.60. The highest BCUT2D eigenvalue weighted by Crippen LogP contribution is 2.23. The molecular weight excluding hydrogens is 236 g/mol. The Bertz CT molecular complexity index is 453. The van der Waals surface area contributed by atoms with Gasteiger partial charge < -0.3 is 14.9 Å². The van der Waals surface area contributed by atoms with Crippen LogP contribution in [0, 0.1) is 0 Å². The standard InChI is InChI=1S/C13H14O3S/c14-8-10(13-5-2-6-17-13)9-16-12-4-1-3-11(15)7-12/h1-7,10,14-15H,8-9H2. The first-order valence-corrected chi connectivity index (χ1v) is 6.23. The second-order valence-corrected chi connectivity index (χ2v) is 4.68. The van der Waals surface area contributed by atoms with Gasteiger partial charge in [-0.05, 0) is 23.6 Å². The van der Waals surface area contributed by atoms with E-state index in [0.29, 0.717) is 12.4 Å². The number of phenols is 1. The van der Waals surface area contributed by atoms with Crippen molar-refractivity contribution < 1.29 is 14.9 Å². The molecule has 2 rings (SSSR count). The lowest BCUT2D eigenvalue weighted by Gasteiger charge is -2.13. The number of ether oxygens (including phenoxy) is 1. The van der Waals surface area contributed by atoms with Crippen molar-refractivity contribution in [2.45, 2.75) is 5.92 Å². The van der Waals surface area contributed by atoms with Crippen molar-refractivity contribution >= 4 is 11.3 Å². The number of aliphatic hydroxyl groups is 1. The molecule has 17 heavy (non-hydrogen) atoms. The minimum absolute atomic E-state index is 0.0163. The Kier molecular flexibility index (Phi) is 4.01. The third-order valence-electron chi connectivity index (χ3n) is 2.43. The van der Waals surface area contributed by atoms with E-state index in [1.165, 1.54) is 0 Å². The lowest BCUT2D eigenvalue weighted by Crippen LogP contribution is -2.12. The van der Waals surface area contributed by atoms with Crippen molar-refractivity contribution in [3.05, 3.63) is 46.7 Å². The van der Waals surface area contributed by atoms with Crippen LogP contribution in [0.5, 0.6) is 11.5 Å². The molecule has 0 aliphatic heterocycles. The molecule has 90 valence electrons. The van der Waals surface area contributed by atoms with Crippen molar-refractivity contribution in [1.29, 1.82) is 0 Å². The van der Waals surface area contributed by atoms with Gasteiger partial charge in [-0.3, -0.25) is 0 Å². The Morgan fingerprint density at radius 2 is 2.12 bits per heavy atom. The van der Waals surface area contributed by atoms with Gasteiger partial charge in [0.1, 0.15) is 11.5 Å². The normalized spacial score (nSPS) is 12.3. The SMILES string of the molecule is OCC(COc1cccc(O)c1)c1cccs1. The van der Waals surface area contributed by atoms with E-state index in [4.69, 9.17) is 4.74 Å². The number of aromatic hydroxyl groups is 1. The molecule has 1 heterocycles. The number of aliphatic hydroxyl groups excluding tert-OH is 1. The van der Waals surface area contributed by atoms with E-state index in [-0.39, 0.29) is 18.3 Å². The van der Waals surface area contributed by atoms with Crippen LogP contribution in [-0.2, 0) is 0 Å². The summed E-state index contributed by atoms with van der Waals surface area (Å²) in [6, 6.07) is 10.6. The van der Waals surface area contributed by atoms with Crippen LogP contribution < -0.4 is 4.74 Å². The highest BCUT2D eigenvalue weighted by atomic mass is 32.1. The molecule has 1 aromatic carbocycles. The van der Waals surface area contributed by atoms with Crippen LogP contribution >= 0.6 is 11.3 Å². The molecule has 0 aliphatic carbocycles. The average Bonchev–Trinajstić information content (AvgIpc) is 2.84. The van der Waals surface area contributed by atoms with E-state index in [2.05, 4.69) is 0 Å². The first-order valence-electron chi connectivity index (χ1n) is 5.35. The molecule has 0 aliphatic rings. The molecule has 3 nitrogen and oxygen atoms in total. The Hall–Kier alpha value is -1.52. The first-order chi connectivity index (χ1) is 8.29. The molecule has 1 unspecified atom stereocenters. The van der Waals surface area contributed by atoms with Crippen LogP contribution in [0.1, 0.15) is 10.8 Å². The van der Waals surface area contributed by atoms with Gasteiger partial charge in [-0.25, -0.2) is 0 Å². The monoisotopic (exact) mass is 250 g/mol. The Morgan fingerprint density at radius 3 is 2.76 bits per heavy atom. The molecule has 2 N–H and O–H groups in total. The van der Waals surface area contributed by atoms with Crippen LogP contribution in [0.25, 0.3) is 0 Å². The summed E-state index contributed by atoms with van der Waals surface area (Å²) < 4.78 is 5.55. The molecule has 0 amide bonds. The third kappa shape index (κ3) is 3.22. The van der Waals surface area contributed by atoms with E-state index in [1.54, 1.807) is 35.6 Å². The van der Waals surface area contributed by atoms with Crippen molar-refractivity contribution in [1.82, 2.24) is 0 Å². The lowest BCUT2D eigenvalue weighted by molar-refractivity contribution is 0.206. The smallest absolute Gasteiger partial charge is 0.123 e.